The molecular formula is C64H73Br2Cl2N5O20. The highest BCUT2D eigenvalue weighted by Gasteiger charge is 2.41. The highest BCUT2D eigenvalue weighted by molar-refractivity contribution is 9.09. The zero-order valence-electron chi connectivity index (χ0n) is 53.1. The molecule has 29 heteroatoms. The number of Topliss-reactive ketones (excluding diaryl/α,β-unsaturated/α-hetero) is 4. The topological polar surface area (TPSA) is 333 Å². The van der Waals surface area contributed by atoms with Crippen LogP contribution in [0.3, 0.4) is 0 Å². The number of ketones is 4. The van der Waals surface area contributed by atoms with Crippen LogP contribution < -0.4 is 0 Å². The van der Waals surface area contributed by atoms with E-state index in [4.69, 9.17) is 52.0 Å². The van der Waals surface area contributed by atoms with Crippen molar-refractivity contribution in [2.24, 2.45) is 0 Å². The summed E-state index contributed by atoms with van der Waals surface area (Å²) in [6.07, 6.45) is 1.17. The molecule has 502 valence electrons. The number of hydrogen-bond donors (Lipinski definition) is 1. The molecular weight excluding hydrogens is 1390 g/mol. The number of nitrogens with zero attached hydrogens (tertiary/aromatic N) is 5. The highest BCUT2D eigenvalue weighted by atomic mass is 79.9. The van der Waals surface area contributed by atoms with Gasteiger partial charge in [-0.2, -0.15) is 0 Å². The summed E-state index contributed by atoms with van der Waals surface area (Å²) >= 11 is 19.0. The zero-order valence-corrected chi connectivity index (χ0v) is 57.8. The van der Waals surface area contributed by atoms with Crippen LogP contribution in [-0.4, -0.2) is 167 Å². The van der Waals surface area contributed by atoms with Crippen LogP contribution in [0.5, 0.6) is 0 Å². The Labute approximate surface area is 563 Å². The smallest absolute Gasteiger partial charge is 0.411 e. The first-order chi connectivity index (χ1) is 43.3. The number of carboxylic acids is 1. The van der Waals surface area contributed by atoms with Crippen molar-refractivity contribution in [2.75, 3.05) is 43.5 Å². The van der Waals surface area contributed by atoms with E-state index in [0.717, 1.165) is 6.42 Å². The summed E-state index contributed by atoms with van der Waals surface area (Å²) in [6.45, 7) is 18.1. The van der Waals surface area contributed by atoms with E-state index >= 15 is 0 Å². The molecule has 0 bridgehead atoms. The quantitative estimate of drug-likeness (QED) is 0.0256. The number of nitro groups is 2. The molecule has 1 N–H and O–H groups in total. The number of halogens is 4. The Morgan fingerprint density at radius 2 is 0.828 bits per heavy atom. The third-order valence-corrected chi connectivity index (χ3v) is 16.0. The predicted molar refractivity (Wildman–Crippen MR) is 349 cm³/mol. The fraction of sp³-hybridized carbons (Fsp3) is 0.469. The summed E-state index contributed by atoms with van der Waals surface area (Å²) in [4.78, 5) is 150. The Morgan fingerprint density at radius 3 is 1.15 bits per heavy atom. The maximum absolute atomic E-state index is 13.2. The van der Waals surface area contributed by atoms with Gasteiger partial charge >= 0.3 is 36.2 Å². The number of carboxylic acid groups (broad SMARTS) is 1. The minimum atomic E-state index is -0.960. The number of hydrogen-bond acceptors (Lipinski definition) is 19. The molecule has 4 aromatic rings. The van der Waals surface area contributed by atoms with Crippen molar-refractivity contribution in [2.45, 2.75) is 150 Å². The van der Waals surface area contributed by atoms with E-state index in [2.05, 4.69) is 31.9 Å². The van der Waals surface area contributed by atoms with Gasteiger partial charge in [-0.05, 0) is 138 Å². The molecule has 0 unspecified atom stereocenters. The number of ether oxygens (including phenoxy) is 5. The minimum Gasteiger partial charge on any atom is -0.480 e. The molecule has 3 fully saturated rings. The largest absolute Gasteiger partial charge is 0.480 e. The summed E-state index contributed by atoms with van der Waals surface area (Å²) in [7, 11) is 0. The number of rotatable bonds is 17. The molecule has 3 amide bonds. The lowest BCUT2D eigenvalue weighted by Crippen LogP contribution is -2.44. The van der Waals surface area contributed by atoms with Crippen LogP contribution in [0.2, 0.25) is 10.0 Å². The second-order valence-corrected chi connectivity index (χ2v) is 26.6. The highest BCUT2D eigenvalue weighted by Crippen LogP contribution is 2.43. The van der Waals surface area contributed by atoms with Crippen LogP contribution in [0.4, 0.5) is 25.8 Å². The van der Waals surface area contributed by atoms with E-state index in [9.17, 15) is 68.2 Å². The van der Waals surface area contributed by atoms with E-state index in [1.54, 1.807) is 86.6 Å². The number of nitro benzene ring substituents is 2. The summed E-state index contributed by atoms with van der Waals surface area (Å²) in [5, 5.41) is 33.0. The fourth-order valence-corrected chi connectivity index (χ4v) is 11.4. The maximum atomic E-state index is 13.2. The van der Waals surface area contributed by atoms with Crippen molar-refractivity contribution < 1.29 is 86.6 Å². The zero-order chi connectivity index (χ0) is 69.8. The van der Waals surface area contributed by atoms with Gasteiger partial charge in [0.15, 0.2) is 30.6 Å². The lowest BCUT2D eigenvalue weighted by Gasteiger charge is -2.27. The molecule has 3 heterocycles. The molecule has 3 aliphatic rings. The number of alkyl halides is 2. The third-order valence-electron chi connectivity index (χ3n) is 14.4. The Kier molecular flexibility index (Phi) is 26.3. The molecule has 0 saturated carbocycles. The molecule has 0 aliphatic carbocycles. The summed E-state index contributed by atoms with van der Waals surface area (Å²) in [5.74, 6) is -4.17. The Balaban J connectivity index is 0.000000319. The number of carbonyl (C=O) groups excluding carboxylic acids is 9. The molecule has 0 aromatic heterocycles. The van der Waals surface area contributed by atoms with E-state index in [1.165, 1.54) is 64.9 Å². The number of esters is 2. The van der Waals surface area contributed by atoms with Crippen molar-refractivity contribution >= 4 is 126 Å². The van der Waals surface area contributed by atoms with Gasteiger partial charge < -0.3 is 28.8 Å². The van der Waals surface area contributed by atoms with Gasteiger partial charge in [0, 0.05) is 53.0 Å². The molecule has 0 spiro atoms. The molecule has 3 aliphatic heterocycles. The lowest BCUT2D eigenvalue weighted by molar-refractivity contribution is -0.384. The monoisotopic (exact) mass is 1460 g/mol. The Bertz CT molecular complexity index is 3560. The second-order valence-electron chi connectivity index (χ2n) is 24.7. The molecule has 0 radical (unpaired) electrons. The van der Waals surface area contributed by atoms with Gasteiger partial charge in [-0.25, -0.2) is 28.8 Å². The van der Waals surface area contributed by atoms with Gasteiger partial charge in [0.2, 0.25) is 5.78 Å². The van der Waals surface area contributed by atoms with Crippen LogP contribution in [0.25, 0.3) is 22.3 Å². The van der Waals surface area contributed by atoms with Gasteiger partial charge in [-0.3, -0.25) is 54.1 Å². The molecule has 3 atom stereocenters. The summed E-state index contributed by atoms with van der Waals surface area (Å²) in [5.41, 5.74) is -0.826. The van der Waals surface area contributed by atoms with Crippen molar-refractivity contribution in [3.05, 3.63) is 124 Å². The first-order valence-electron chi connectivity index (χ1n) is 29.3. The number of benzene rings is 4. The minimum absolute atomic E-state index is 0.00411. The number of likely N-dealkylation sites (tertiary alicyclic amines) is 3. The number of amides is 3. The van der Waals surface area contributed by atoms with E-state index in [-0.39, 0.29) is 89.0 Å². The van der Waals surface area contributed by atoms with Crippen molar-refractivity contribution in [1.29, 1.82) is 0 Å². The predicted octanol–water partition coefficient (Wildman–Crippen LogP) is 13.3. The molecule has 7 rings (SSSR count). The number of aliphatic carboxylic acids is 1. The van der Waals surface area contributed by atoms with Crippen LogP contribution in [0, 0.1) is 34.1 Å². The van der Waals surface area contributed by atoms with Gasteiger partial charge in [-0.15, -0.1) is 0 Å². The first kappa shape index (κ1) is 75.8. The molecule has 3 saturated heterocycles. The van der Waals surface area contributed by atoms with Crippen LogP contribution in [-0.2, 0) is 38.1 Å². The number of carbonyl (C=O) groups is 10. The summed E-state index contributed by atoms with van der Waals surface area (Å²) < 4.78 is 26.4. The van der Waals surface area contributed by atoms with Gasteiger partial charge in [0.05, 0.1) is 41.7 Å². The Morgan fingerprint density at radius 1 is 0.516 bits per heavy atom. The Hall–Kier alpha value is -7.88. The van der Waals surface area contributed by atoms with Gasteiger partial charge in [0.1, 0.15) is 34.9 Å². The van der Waals surface area contributed by atoms with Crippen LogP contribution >= 0.6 is 55.1 Å². The molecule has 4 aromatic carbocycles. The van der Waals surface area contributed by atoms with Crippen molar-refractivity contribution in [1.82, 2.24) is 14.7 Å². The second kappa shape index (κ2) is 32.3. The van der Waals surface area contributed by atoms with Crippen LogP contribution in [0.15, 0.2) is 60.7 Å². The van der Waals surface area contributed by atoms with E-state index in [1.807, 2.05) is 0 Å². The van der Waals surface area contributed by atoms with Crippen LogP contribution in [0.1, 0.15) is 153 Å². The lowest BCUT2D eigenvalue weighted by atomic mass is 9.94. The average molecular weight is 1460 g/mol. The SMILES string of the molecule is CC(C)(C)OC(=O)N1CCC[C@H]1C(=O)O.Cc1c(C(=O)CBr)cc(Cl)c(-c2ccc(C(=O)CBr)cc2)c1[N+](=O)[O-].Cc1c(C(=O)COC(=O)[C@@H]2CCCN2C(=O)OC(C)(C)C)cc(Cl)c(-c2ccc(C(=O)COC(=O)[C@@H]3CCCN3C(=O)OC(C)(C)C)cc2)c1[N+](=O)[O-]. The first-order valence-corrected chi connectivity index (χ1v) is 32.3. The molecule has 93 heavy (non-hydrogen) atoms. The standard InChI is InChI=1S/C37H44ClN3O12.C17H12Br2ClNO4.C10H17NO4/c1-21-24(29(43)20-51-33(45)27-11-9-17-40(27)35(47)53-37(5,6)7)18-25(38)30(31(21)41(48)49)23-14-12-22(13-15-23)28(42)19-50-32(44)26-10-8-16-39(26)34(46)52-36(2,3)4;1-9-12(15(23)8-19)6-13(20)16(17(9)21(24)25)11-4-2-10(3-5-11)14(22)7-18;1-10(2,3)15-9(14)11-6-4-5-7(11)8(12)13/h12-15,18,26-27H,8-11,16-17,19-20H2,1-7H3;2-6H,7-8H2,1H3;7H,4-6H2,1-3H3,(H,12,13)/t26-,27-;;7-/m0.0/s1. The maximum Gasteiger partial charge on any atom is 0.411 e. The molecule has 25 nitrogen and oxygen atoms in total. The van der Waals surface area contributed by atoms with E-state index < -0.39 is 111 Å². The van der Waals surface area contributed by atoms with Crippen molar-refractivity contribution in [3.63, 3.8) is 0 Å². The fourth-order valence-electron chi connectivity index (χ4n) is 10.1. The average Bonchev–Trinajstić information content (AvgIpc) is 1.84. The third kappa shape index (κ3) is 20.3. The van der Waals surface area contributed by atoms with Crippen molar-refractivity contribution in [3.8, 4) is 22.3 Å². The van der Waals surface area contributed by atoms with Gasteiger partial charge in [0.25, 0.3) is 11.4 Å². The van der Waals surface area contributed by atoms with E-state index in [0.29, 0.717) is 56.3 Å². The van der Waals surface area contributed by atoms with Gasteiger partial charge in [-0.1, -0.05) is 104 Å². The summed E-state index contributed by atoms with van der Waals surface area (Å²) in [6, 6.07) is 12.2. The normalized spacial score (nSPS) is 16.2.